The number of thiophene rings is 1. The number of aromatic nitrogens is 1. The predicted octanol–water partition coefficient (Wildman–Crippen LogP) is 3.73. The third-order valence-corrected chi connectivity index (χ3v) is 6.95. The fraction of sp³-hybridized carbons (Fsp3) is 0.154. The first-order chi connectivity index (χ1) is 17.7. The minimum atomic E-state index is -1.38. The highest BCUT2D eigenvalue weighted by Crippen LogP contribution is 2.20. The molecule has 37 heavy (non-hydrogen) atoms. The summed E-state index contributed by atoms with van der Waals surface area (Å²) in [6.45, 7) is 1.83. The van der Waals surface area contributed by atoms with Crippen LogP contribution in [0, 0.1) is 6.92 Å². The van der Waals surface area contributed by atoms with E-state index < -0.39 is 23.8 Å². The Labute approximate surface area is 220 Å². The molecule has 0 aliphatic rings. The maximum absolute atomic E-state index is 12.7. The molecule has 4 rings (SSSR count). The number of halogens is 1. The number of nitrogens with one attached hydrogen (secondary N) is 4. The van der Waals surface area contributed by atoms with E-state index in [1.165, 1.54) is 29.5 Å². The second-order valence-electron chi connectivity index (χ2n) is 8.22. The van der Waals surface area contributed by atoms with Crippen LogP contribution in [-0.2, 0) is 11.3 Å². The Bertz CT molecular complexity index is 1500. The number of aryl methyl sites for hydroxylation is 1. The standard InChI is InChI=1S/C26H23ClN4O5S/c1-14-5-8-22(37-14)25(34)30-13-21(26(35)36)31-24(33)18-7-6-15(11-19(18)27)23(32)29-12-16-3-2-4-20-17(16)9-10-28-20/h2-11,21,28H,12-13H2,1H3,(H,29,32)(H,30,34)(H,31,33)(H,35,36). The van der Waals surface area contributed by atoms with E-state index >= 15 is 0 Å². The van der Waals surface area contributed by atoms with Crippen LogP contribution in [0.3, 0.4) is 0 Å². The van der Waals surface area contributed by atoms with Crippen LogP contribution in [-0.4, -0.2) is 46.4 Å². The molecule has 0 bridgehead atoms. The van der Waals surface area contributed by atoms with E-state index in [1.807, 2.05) is 37.4 Å². The van der Waals surface area contributed by atoms with E-state index in [0.717, 1.165) is 21.3 Å². The second kappa shape index (κ2) is 11.3. The van der Waals surface area contributed by atoms with Gasteiger partial charge in [-0.1, -0.05) is 23.7 Å². The van der Waals surface area contributed by atoms with E-state index in [0.29, 0.717) is 11.4 Å². The maximum Gasteiger partial charge on any atom is 0.328 e. The number of aromatic amines is 1. The number of amides is 3. The van der Waals surface area contributed by atoms with Gasteiger partial charge in [-0.05, 0) is 55.0 Å². The average Bonchev–Trinajstić information content (AvgIpc) is 3.53. The summed E-state index contributed by atoms with van der Waals surface area (Å²) in [7, 11) is 0. The molecule has 11 heteroatoms. The zero-order chi connectivity index (χ0) is 26.5. The Morgan fingerprint density at radius 2 is 1.81 bits per heavy atom. The van der Waals surface area contributed by atoms with E-state index in [9.17, 15) is 24.3 Å². The smallest absolute Gasteiger partial charge is 0.328 e. The highest BCUT2D eigenvalue weighted by Gasteiger charge is 2.23. The fourth-order valence-corrected chi connectivity index (χ4v) is 4.75. The first kappa shape index (κ1) is 25.9. The molecular formula is C26H23ClN4O5S. The van der Waals surface area contributed by atoms with Crippen molar-refractivity contribution in [3.05, 3.63) is 92.3 Å². The zero-order valence-corrected chi connectivity index (χ0v) is 21.2. The quantitative estimate of drug-likeness (QED) is 0.221. The largest absolute Gasteiger partial charge is 0.480 e. The summed E-state index contributed by atoms with van der Waals surface area (Å²) in [5.74, 6) is -2.87. The lowest BCUT2D eigenvalue weighted by atomic mass is 10.1. The SMILES string of the molecule is Cc1ccc(C(=O)NCC(NC(=O)c2ccc(C(=O)NCc3cccc4[nH]ccc34)cc2Cl)C(=O)O)s1. The van der Waals surface area contributed by atoms with Crippen molar-refractivity contribution in [2.24, 2.45) is 0 Å². The van der Waals surface area contributed by atoms with Crippen LogP contribution in [0.2, 0.25) is 5.02 Å². The van der Waals surface area contributed by atoms with Gasteiger partial charge in [0.05, 0.1) is 15.5 Å². The van der Waals surface area contributed by atoms with Crippen LogP contribution in [0.4, 0.5) is 0 Å². The molecule has 2 aromatic heterocycles. The van der Waals surface area contributed by atoms with E-state index in [-0.39, 0.29) is 28.6 Å². The molecule has 0 fully saturated rings. The van der Waals surface area contributed by atoms with Crippen molar-refractivity contribution in [2.75, 3.05) is 6.54 Å². The Kier molecular flexibility index (Phi) is 7.90. The molecule has 1 unspecified atom stereocenters. The van der Waals surface area contributed by atoms with Gasteiger partial charge in [-0.25, -0.2) is 4.79 Å². The van der Waals surface area contributed by atoms with Crippen LogP contribution in [0.1, 0.15) is 40.8 Å². The molecule has 0 saturated heterocycles. The number of carboxylic acids is 1. The van der Waals surface area contributed by atoms with Crippen molar-refractivity contribution in [3.63, 3.8) is 0 Å². The lowest BCUT2D eigenvalue weighted by molar-refractivity contribution is -0.139. The molecule has 190 valence electrons. The number of carboxylic acid groups (broad SMARTS) is 1. The minimum Gasteiger partial charge on any atom is -0.480 e. The van der Waals surface area contributed by atoms with Gasteiger partial charge in [-0.3, -0.25) is 14.4 Å². The Morgan fingerprint density at radius 3 is 2.51 bits per heavy atom. The third kappa shape index (κ3) is 6.16. The number of carbonyl (C=O) groups excluding carboxylic acids is 3. The normalized spacial score (nSPS) is 11.6. The van der Waals surface area contributed by atoms with Gasteiger partial charge in [-0.15, -0.1) is 11.3 Å². The number of H-pyrrole nitrogens is 1. The van der Waals surface area contributed by atoms with Gasteiger partial charge in [0.15, 0.2) is 0 Å². The number of fused-ring (bicyclic) bond motifs is 1. The summed E-state index contributed by atoms with van der Waals surface area (Å²) >= 11 is 7.54. The summed E-state index contributed by atoms with van der Waals surface area (Å²) in [5.41, 5.74) is 2.15. The third-order valence-electron chi connectivity index (χ3n) is 5.63. The van der Waals surface area contributed by atoms with Gasteiger partial charge >= 0.3 is 5.97 Å². The number of aliphatic carboxylic acids is 1. The minimum absolute atomic E-state index is 0.00163. The van der Waals surface area contributed by atoms with Crippen molar-refractivity contribution in [2.45, 2.75) is 19.5 Å². The summed E-state index contributed by atoms with van der Waals surface area (Å²) in [6, 6.07) is 13.9. The highest BCUT2D eigenvalue weighted by molar-refractivity contribution is 7.13. The predicted molar refractivity (Wildman–Crippen MR) is 141 cm³/mol. The molecule has 9 nitrogen and oxygen atoms in total. The molecule has 0 aliphatic heterocycles. The summed E-state index contributed by atoms with van der Waals surface area (Å²) in [4.78, 5) is 53.8. The molecule has 5 N–H and O–H groups in total. The molecule has 0 radical (unpaired) electrons. The van der Waals surface area contributed by atoms with Gasteiger partial charge in [0.1, 0.15) is 6.04 Å². The van der Waals surface area contributed by atoms with Crippen molar-refractivity contribution in [1.29, 1.82) is 0 Å². The lowest BCUT2D eigenvalue weighted by Gasteiger charge is -2.16. The Balaban J connectivity index is 1.37. The fourth-order valence-electron chi connectivity index (χ4n) is 3.70. The van der Waals surface area contributed by atoms with Crippen LogP contribution >= 0.6 is 22.9 Å². The summed E-state index contributed by atoms with van der Waals surface area (Å²) < 4.78 is 0. The van der Waals surface area contributed by atoms with Crippen molar-refractivity contribution >= 4 is 57.5 Å². The van der Waals surface area contributed by atoms with Crippen molar-refractivity contribution in [3.8, 4) is 0 Å². The van der Waals surface area contributed by atoms with E-state index in [4.69, 9.17) is 11.6 Å². The summed E-state index contributed by atoms with van der Waals surface area (Å²) in [5, 5.41) is 18.2. The molecule has 0 saturated carbocycles. The average molecular weight is 539 g/mol. The van der Waals surface area contributed by atoms with Crippen molar-refractivity contribution < 1.29 is 24.3 Å². The van der Waals surface area contributed by atoms with Crippen LogP contribution < -0.4 is 16.0 Å². The Hall–Kier alpha value is -4.15. The van der Waals surface area contributed by atoms with E-state index in [2.05, 4.69) is 20.9 Å². The molecule has 0 spiro atoms. The van der Waals surface area contributed by atoms with Crippen LogP contribution in [0.25, 0.3) is 10.9 Å². The van der Waals surface area contributed by atoms with Gasteiger partial charge < -0.3 is 26.0 Å². The maximum atomic E-state index is 12.7. The molecule has 4 aromatic rings. The summed E-state index contributed by atoms with van der Waals surface area (Å²) in [6.07, 6.45) is 1.83. The number of hydrogen-bond donors (Lipinski definition) is 5. The molecular weight excluding hydrogens is 516 g/mol. The molecule has 3 amide bonds. The van der Waals surface area contributed by atoms with E-state index in [1.54, 1.807) is 12.1 Å². The van der Waals surface area contributed by atoms with Gasteiger partial charge in [0.25, 0.3) is 17.7 Å². The lowest BCUT2D eigenvalue weighted by Crippen LogP contribution is -2.48. The van der Waals surface area contributed by atoms with Crippen LogP contribution in [0.5, 0.6) is 0 Å². The topological polar surface area (TPSA) is 140 Å². The number of carbonyl (C=O) groups is 4. The first-order valence-corrected chi connectivity index (χ1v) is 12.4. The number of hydrogen-bond acceptors (Lipinski definition) is 5. The number of rotatable bonds is 9. The highest BCUT2D eigenvalue weighted by atomic mass is 35.5. The Morgan fingerprint density at radius 1 is 1.00 bits per heavy atom. The zero-order valence-electron chi connectivity index (χ0n) is 19.6. The monoisotopic (exact) mass is 538 g/mol. The van der Waals surface area contributed by atoms with Gasteiger partial charge in [0, 0.05) is 40.6 Å². The number of benzene rings is 2. The molecule has 1 atom stereocenters. The van der Waals surface area contributed by atoms with Gasteiger partial charge in [0.2, 0.25) is 0 Å². The molecule has 2 heterocycles. The second-order valence-corrected chi connectivity index (χ2v) is 9.91. The van der Waals surface area contributed by atoms with Crippen molar-refractivity contribution in [1.82, 2.24) is 20.9 Å². The first-order valence-electron chi connectivity index (χ1n) is 11.2. The molecule has 0 aliphatic carbocycles. The van der Waals surface area contributed by atoms with Gasteiger partial charge in [-0.2, -0.15) is 0 Å². The van der Waals surface area contributed by atoms with Crippen LogP contribution in [0.15, 0.2) is 60.8 Å². The molecule has 2 aromatic carbocycles.